The topological polar surface area (TPSA) is 128 Å². The Labute approximate surface area is 198 Å². The van der Waals surface area contributed by atoms with Gasteiger partial charge in [0.2, 0.25) is 0 Å². The van der Waals surface area contributed by atoms with E-state index in [1.54, 1.807) is 45.0 Å². The Morgan fingerprint density at radius 2 is 1.56 bits per heavy atom. The third kappa shape index (κ3) is 6.21. The molecule has 0 spiro atoms. The van der Waals surface area contributed by atoms with Gasteiger partial charge in [-0.1, -0.05) is 18.2 Å². The maximum atomic E-state index is 12.8. The minimum absolute atomic E-state index is 0.171. The van der Waals surface area contributed by atoms with E-state index in [4.69, 9.17) is 14.2 Å². The summed E-state index contributed by atoms with van der Waals surface area (Å²) in [4.78, 5) is 63.9. The van der Waals surface area contributed by atoms with E-state index in [-0.39, 0.29) is 24.1 Å². The minimum Gasteiger partial charge on any atom is -0.469 e. The average molecular weight is 475 g/mol. The molecule has 34 heavy (non-hydrogen) atoms. The summed E-state index contributed by atoms with van der Waals surface area (Å²) in [5.74, 6) is -4.31. The van der Waals surface area contributed by atoms with Gasteiger partial charge in [-0.2, -0.15) is 0 Å². The highest BCUT2D eigenvalue weighted by Gasteiger charge is 2.40. The molecule has 0 aromatic heterocycles. The first-order valence-electron chi connectivity index (χ1n) is 10.7. The van der Waals surface area contributed by atoms with E-state index >= 15 is 0 Å². The molecule has 3 amide bonds. The maximum absolute atomic E-state index is 12.8. The number of benzene rings is 1. The van der Waals surface area contributed by atoms with Gasteiger partial charge in [-0.25, -0.2) is 9.59 Å². The molecule has 0 bridgehead atoms. The van der Waals surface area contributed by atoms with E-state index in [2.05, 4.69) is 11.9 Å². The van der Waals surface area contributed by atoms with Crippen molar-refractivity contribution in [2.24, 2.45) is 11.8 Å². The van der Waals surface area contributed by atoms with Crippen LogP contribution >= 0.6 is 0 Å². The van der Waals surface area contributed by atoms with E-state index in [1.165, 1.54) is 13.2 Å². The molecule has 1 aliphatic heterocycles. The van der Waals surface area contributed by atoms with Gasteiger partial charge in [-0.15, -0.1) is 6.58 Å². The number of hydrogen-bond donors (Lipinski definition) is 1. The first kappa shape index (κ1) is 26.6. The van der Waals surface area contributed by atoms with Crippen LogP contribution in [0.2, 0.25) is 0 Å². The molecule has 1 heterocycles. The monoisotopic (exact) mass is 474 g/mol. The summed E-state index contributed by atoms with van der Waals surface area (Å²) in [6, 6.07) is 5.15. The van der Waals surface area contributed by atoms with Gasteiger partial charge >= 0.3 is 18.0 Å². The fourth-order valence-corrected chi connectivity index (χ4v) is 3.64. The normalized spacial score (nSPS) is 15.6. The lowest BCUT2D eigenvalue weighted by Gasteiger charge is -2.29. The van der Waals surface area contributed by atoms with E-state index in [9.17, 15) is 24.0 Å². The molecule has 1 aromatic carbocycles. The van der Waals surface area contributed by atoms with Crippen molar-refractivity contribution in [3.05, 3.63) is 48.0 Å². The number of nitrogens with zero attached hydrogens (tertiary/aromatic N) is 1. The highest BCUT2D eigenvalue weighted by Crippen LogP contribution is 2.28. The summed E-state index contributed by atoms with van der Waals surface area (Å²) in [5, 5.41) is 2.41. The van der Waals surface area contributed by atoms with Crippen molar-refractivity contribution in [1.82, 2.24) is 10.2 Å². The molecule has 0 unspecified atom stereocenters. The zero-order chi connectivity index (χ0) is 25.6. The molecule has 0 saturated carbocycles. The summed E-state index contributed by atoms with van der Waals surface area (Å²) in [5.41, 5.74) is -0.283. The van der Waals surface area contributed by atoms with E-state index < -0.39 is 53.3 Å². The van der Waals surface area contributed by atoms with Crippen LogP contribution in [-0.4, -0.2) is 67.2 Å². The van der Waals surface area contributed by atoms with Gasteiger partial charge in [0, 0.05) is 12.5 Å². The largest absolute Gasteiger partial charge is 0.469 e. The molecule has 0 saturated heterocycles. The van der Waals surface area contributed by atoms with E-state index in [0.717, 1.165) is 12.0 Å². The van der Waals surface area contributed by atoms with Crippen molar-refractivity contribution in [2.45, 2.75) is 38.8 Å². The molecule has 0 radical (unpaired) electrons. The van der Waals surface area contributed by atoms with Gasteiger partial charge in [0.05, 0.1) is 31.3 Å². The molecule has 1 N–H and O–H groups in total. The molecule has 10 heteroatoms. The van der Waals surface area contributed by atoms with Crippen LogP contribution in [0.3, 0.4) is 0 Å². The number of nitrogens with one attached hydrogen (secondary N) is 1. The Balaban J connectivity index is 2.27. The molecule has 2 rings (SSSR count). The molecule has 1 aromatic rings. The number of methoxy groups -OCH3 is 2. The molecular weight excluding hydrogens is 444 g/mol. The van der Waals surface area contributed by atoms with Gasteiger partial charge in [0.15, 0.2) is 0 Å². The van der Waals surface area contributed by atoms with Crippen LogP contribution in [0.5, 0.6) is 0 Å². The van der Waals surface area contributed by atoms with Gasteiger partial charge in [-0.3, -0.25) is 19.3 Å². The number of amides is 3. The lowest BCUT2D eigenvalue weighted by Crippen LogP contribution is -2.47. The fourth-order valence-electron chi connectivity index (χ4n) is 3.64. The Morgan fingerprint density at radius 3 is 2.00 bits per heavy atom. The fraction of sp³-hybridized carbons (Fsp3) is 0.458. The van der Waals surface area contributed by atoms with Crippen LogP contribution in [0.4, 0.5) is 4.79 Å². The summed E-state index contributed by atoms with van der Waals surface area (Å²) in [6.07, 6.45) is 0.299. The molecule has 1 aliphatic rings. The number of esters is 2. The Bertz CT molecular complexity index is 946. The zero-order valence-corrected chi connectivity index (χ0v) is 20.0. The number of ether oxygens (including phenoxy) is 3. The Morgan fingerprint density at radius 1 is 1.03 bits per heavy atom. The van der Waals surface area contributed by atoms with Crippen LogP contribution in [-0.2, 0) is 23.8 Å². The highest BCUT2D eigenvalue weighted by molar-refractivity contribution is 6.21. The first-order chi connectivity index (χ1) is 15.9. The second kappa shape index (κ2) is 11.0. The number of carbonyl (C=O) groups excluding carboxylic acids is 5. The first-order valence-corrected chi connectivity index (χ1v) is 10.7. The van der Waals surface area contributed by atoms with Crippen molar-refractivity contribution >= 4 is 29.8 Å². The molecule has 0 aliphatic carbocycles. The van der Waals surface area contributed by atoms with Crippen LogP contribution in [0.15, 0.2) is 36.9 Å². The molecule has 184 valence electrons. The highest BCUT2D eigenvalue weighted by atomic mass is 16.6. The lowest BCUT2D eigenvalue weighted by molar-refractivity contribution is -0.149. The van der Waals surface area contributed by atoms with Gasteiger partial charge < -0.3 is 19.5 Å². The molecule has 3 atom stereocenters. The van der Waals surface area contributed by atoms with Crippen LogP contribution in [0.1, 0.15) is 47.9 Å². The second-order valence-corrected chi connectivity index (χ2v) is 8.75. The maximum Gasteiger partial charge on any atom is 0.408 e. The van der Waals surface area contributed by atoms with Crippen molar-refractivity contribution in [3.63, 3.8) is 0 Å². The number of fused-ring (bicyclic) bond motifs is 1. The summed E-state index contributed by atoms with van der Waals surface area (Å²) in [7, 11) is 2.31. The van der Waals surface area contributed by atoms with Crippen molar-refractivity contribution < 1.29 is 38.2 Å². The summed E-state index contributed by atoms with van der Waals surface area (Å²) < 4.78 is 14.9. The number of carbonyl (C=O) groups is 5. The van der Waals surface area contributed by atoms with Crippen molar-refractivity contribution in [1.29, 1.82) is 0 Å². The smallest absolute Gasteiger partial charge is 0.408 e. The number of hydrogen-bond acceptors (Lipinski definition) is 8. The van der Waals surface area contributed by atoms with Crippen LogP contribution in [0, 0.1) is 11.8 Å². The number of alkyl carbamates (subject to hydrolysis) is 1. The summed E-state index contributed by atoms with van der Waals surface area (Å²) >= 11 is 0. The quantitative estimate of drug-likeness (QED) is 0.250. The van der Waals surface area contributed by atoms with Gasteiger partial charge in [-0.05, 0) is 39.3 Å². The zero-order valence-electron chi connectivity index (χ0n) is 20.0. The predicted octanol–water partition coefficient (Wildman–Crippen LogP) is 2.33. The Kier molecular flexibility index (Phi) is 8.56. The van der Waals surface area contributed by atoms with Crippen LogP contribution < -0.4 is 5.32 Å². The lowest BCUT2D eigenvalue weighted by atomic mass is 9.86. The van der Waals surface area contributed by atoms with Crippen molar-refractivity contribution in [2.75, 3.05) is 20.8 Å². The second-order valence-electron chi connectivity index (χ2n) is 8.75. The molecule has 10 nitrogen and oxygen atoms in total. The van der Waals surface area contributed by atoms with Gasteiger partial charge in [0.25, 0.3) is 11.8 Å². The molecule has 0 fully saturated rings. The standard InChI is InChI=1S/C24H30N2O8/c1-7-14(13-26-19(27)15-10-8-9-11-16(15)20(26)28)17(21(29)32-5)12-18(22(30)33-6)25-23(31)34-24(2,3)4/h7-11,14,17-18H,1,12-13H2,2-6H3,(H,25,31)/t14-,17+,18+/m1/s1. The van der Waals surface area contributed by atoms with E-state index in [0.29, 0.717) is 0 Å². The SMILES string of the molecule is C=C[C@H](CN1C(=O)c2ccccc2C1=O)[C@H](C[C@H](NC(=O)OC(C)(C)C)C(=O)OC)C(=O)OC. The summed E-state index contributed by atoms with van der Waals surface area (Å²) in [6.45, 7) is 8.54. The van der Waals surface area contributed by atoms with Gasteiger partial charge in [0.1, 0.15) is 11.6 Å². The van der Waals surface area contributed by atoms with Crippen molar-refractivity contribution in [3.8, 4) is 0 Å². The predicted molar refractivity (Wildman–Crippen MR) is 121 cm³/mol. The number of imide groups is 1. The average Bonchev–Trinajstić information content (AvgIpc) is 3.02. The minimum atomic E-state index is -1.26. The molecular formula is C24H30N2O8. The third-order valence-corrected chi connectivity index (χ3v) is 5.26. The number of rotatable bonds is 9. The third-order valence-electron chi connectivity index (χ3n) is 5.26. The Hall–Kier alpha value is -3.69. The van der Waals surface area contributed by atoms with Crippen LogP contribution in [0.25, 0.3) is 0 Å². The van der Waals surface area contributed by atoms with E-state index in [1.807, 2.05) is 0 Å².